The van der Waals surface area contributed by atoms with E-state index in [1.165, 1.54) is 0 Å². The number of rotatable bonds is 2. The van der Waals surface area contributed by atoms with E-state index in [9.17, 15) is 24.6 Å². The molecule has 0 aromatic rings. The summed E-state index contributed by atoms with van der Waals surface area (Å²) in [6, 6.07) is 0. The molecule has 1 saturated heterocycles. The number of hydrogen-bond acceptors (Lipinski definition) is 8. The maximum atomic E-state index is 11.6. The molecular formula is C11H16O8. The summed E-state index contributed by atoms with van der Waals surface area (Å²) in [5, 5.41) is 19.7. The molecule has 2 unspecified atom stereocenters. The standard InChI is InChI=1S/C11H16O8/c1-10(2,3)19-8(14)7(13)11(16)4-6(12)17-5-18-9(11)15/h7,13,16H,4-5H2,1-3H3. The van der Waals surface area contributed by atoms with Crippen LogP contribution in [0.3, 0.4) is 0 Å². The van der Waals surface area contributed by atoms with Crippen LogP contribution in [0.15, 0.2) is 0 Å². The number of cyclic esters (lactones) is 2. The SMILES string of the molecule is CC(C)(C)OC(=O)C(O)C1(O)CC(=O)OCOC1=O. The monoisotopic (exact) mass is 276 g/mol. The number of ether oxygens (including phenoxy) is 3. The van der Waals surface area contributed by atoms with Crippen molar-refractivity contribution < 1.29 is 38.8 Å². The molecule has 1 rings (SSSR count). The van der Waals surface area contributed by atoms with Gasteiger partial charge in [-0.2, -0.15) is 0 Å². The Bertz CT molecular complexity index is 396. The Morgan fingerprint density at radius 2 is 1.95 bits per heavy atom. The minimum Gasteiger partial charge on any atom is -0.458 e. The summed E-state index contributed by atoms with van der Waals surface area (Å²) < 4.78 is 13.6. The number of aliphatic hydroxyl groups excluding tert-OH is 1. The van der Waals surface area contributed by atoms with Gasteiger partial charge in [-0.3, -0.25) is 4.79 Å². The highest BCUT2D eigenvalue weighted by molar-refractivity contribution is 5.93. The maximum Gasteiger partial charge on any atom is 0.345 e. The van der Waals surface area contributed by atoms with Gasteiger partial charge in [-0.25, -0.2) is 9.59 Å². The van der Waals surface area contributed by atoms with Gasteiger partial charge in [-0.15, -0.1) is 0 Å². The van der Waals surface area contributed by atoms with Crippen LogP contribution in [0.5, 0.6) is 0 Å². The van der Waals surface area contributed by atoms with Crippen LogP contribution >= 0.6 is 0 Å². The minimum absolute atomic E-state index is 0.680. The Kier molecular flexibility index (Phi) is 4.16. The van der Waals surface area contributed by atoms with Gasteiger partial charge in [0.15, 0.2) is 6.10 Å². The number of carbonyl (C=O) groups is 3. The molecule has 2 atom stereocenters. The van der Waals surface area contributed by atoms with Crippen molar-refractivity contribution in [3.63, 3.8) is 0 Å². The van der Waals surface area contributed by atoms with Crippen molar-refractivity contribution in [2.75, 3.05) is 6.79 Å². The van der Waals surface area contributed by atoms with E-state index in [2.05, 4.69) is 9.47 Å². The van der Waals surface area contributed by atoms with Crippen LogP contribution in [0.4, 0.5) is 0 Å². The summed E-state index contributed by atoms with van der Waals surface area (Å²) in [5.74, 6) is -3.53. The average molecular weight is 276 g/mol. The number of carbonyl (C=O) groups excluding carboxylic acids is 3. The second-order valence-corrected chi connectivity index (χ2v) is 5.10. The zero-order valence-corrected chi connectivity index (χ0v) is 10.8. The molecule has 8 heteroatoms. The van der Waals surface area contributed by atoms with Crippen molar-refractivity contribution in [2.45, 2.75) is 44.5 Å². The first-order valence-corrected chi connectivity index (χ1v) is 5.52. The highest BCUT2D eigenvalue weighted by Gasteiger charge is 2.53. The van der Waals surface area contributed by atoms with E-state index < -0.39 is 48.4 Å². The Balaban J connectivity index is 2.93. The minimum atomic E-state index is -2.71. The van der Waals surface area contributed by atoms with Crippen LogP contribution < -0.4 is 0 Å². The summed E-state index contributed by atoms with van der Waals surface area (Å²) in [5.41, 5.74) is -3.64. The molecule has 1 aliphatic rings. The van der Waals surface area contributed by atoms with Gasteiger partial charge in [-0.05, 0) is 20.8 Å². The molecule has 1 aliphatic heterocycles. The van der Waals surface area contributed by atoms with Crippen LogP contribution in [0, 0.1) is 0 Å². The smallest absolute Gasteiger partial charge is 0.345 e. The van der Waals surface area contributed by atoms with Gasteiger partial charge in [0, 0.05) is 0 Å². The molecule has 0 spiro atoms. The molecule has 0 aliphatic carbocycles. The Labute approximate surface area is 109 Å². The van der Waals surface area contributed by atoms with Gasteiger partial charge >= 0.3 is 17.9 Å². The highest BCUT2D eigenvalue weighted by Crippen LogP contribution is 2.24. The van der Waals surface area contributed by atoms with Gasteiger partial charge in [0.25, 0.3) is 0 Å². The van der Waals surface area contributed by atoms with Crippen molar-refractivity contribution in [1.82, 2.24) is 0 Å². The molecule has 0 bridgehead atoms. The van der Waals surface area contributed by atoms with Gasteiger partial charge in [-0.1, -0.05) is 0 Å². The Morgan fingerprint density at radius 3 is 2.47 bits per heavy atom. The van der Waals surface area contributed by atoms with Crippen molar-refractivity contribution >= 4 is 17.9 Å². The lowest BCUT2D eigenvalue weighted by Crippen LogP contribution is -2.55. The second-order valence-electron chi connectivity index (χ2n) is 5.10. The molecule has 1 fully saturated rings. The van der Waals surface area contributed by atoms with Gasteiger partial charge in [0.1, 0.15) is 5.60 Å². The fraction of sp³-hybridized carbons (Fsp3) is 0.727. The van der Waals surface area contributed by atoms with Gasteiger partial charge in [0.2, 0.25) is 12.4 Å². The lowest BCUT2D eigenvalue weighted by molar-refractivity contribution is -0.195. The third kappa shape index (κ3) is 3.65. The fourth-order valence-corrected chi connectivity index (χ4v) is 1.38. The molecule has 0 saturated carbocycles. The maximum absolute atomic E-state index is 11.6. The largest absolute Gasteiger partial charge is 0.458 e. The lowest BCUT2D eigenvalue weighted by atomic mass is 9.92. The van der Waals surface area contributed by atoms with Gasteiger partial charge < -0.3 is 24.4 Å². The van der Waals surface area contributed by atoms with E-state index in [4.69, 9.17) is 4.74 Å². The summed E-state index contributed by atoms with van der Waals surface area (Å²) >= 11 is 0. The molecule has 19 heavy (non-hydrogen) atoms. The molecular weight excluding hydrogens is 260 g/mol. The van der Waals surface area contributed by atoms with Crippen LogP contribution in [-0.4, -0.2) is 52.2 Å². The van der Waals surface area contributed by atoms with Crippen LogP contribution in [0.1, 0.15) is 27.2 Å². The first-order valence-electron chi connectivity index (χ1n) is 5.52. The summed E-state index contributed by atoms with van der Waals surface area (Å²) in [6.07, 6.45) is -3.14. The quantitative estimate of drug-likeness (QED) is 0.608. The first-order chi connectivity index (χ1) is 8.56. The molecule has 108 valence electrons. The molecule has 8 nitrogen and oxygen atoms in total. The fourth-order valence-electron chi connectivity index (χ4n) is 1.38. The van der Waals surface area contributed by atoms with Crippen molar-refractivity contribution in [1.29, 1.82) is 0 Å². The number of aliphatic hydroxyl groups is 2. The van der Waals surface area contributed by atoms with E-state index in [0.29, 0.717) is 0 Å². The summed E-state index contributed by atoms with van der Waals surface area (Å²) in [6.45, 7) is 3.95. The molecule has 2 N–H and O–H groups in total. The molecule has 0 aromatic carbocycles. The zero-order chi connectivity index (χ0) is 14.8. The van der Waals surface area contributed by atoms with E-state index >= 15 is 0 Å². The van der Waals surface area contributed by atoms with Crippen LogP contribution in [0.25, 0.3) is 0 Å². The zero-order valence-electron chi connectivity index (χ0n) is 10.8. The molecule has 0 radical (unpaired) electrons. The number of esters is 3. The highest BCUT2D eigenvalue weighted by atomic mass is 16.7. The average Bonchev–Trinajstić information content (AvgIpc) is 2.36. The molecule has 0 aromatic heterocycles. The van der Waals surface area contributed by atoms with E-state index in [1.807, 2.05) is 0 Å². The molecule has 0 amide bonds. The first kappa shape index (κ1) is 15.4. The Morgan fingerprint density at radius 1 is 1.37 bits per heavy atom. The van der Waals surface area contributed by atoms with Gasteiger partial charge in [0.05, 0.1) is 6.42 Å². The predicted octanol–water partition coefficient (Wildman–Crippen LogP) is -1.13. The predicted molar refractivity (Wildman–Crippen MR) is 58.5 cm³/mol. The number of hydrogen-bond donors (Lipinski definition) is 2. The Hall–Kier alpha value is -1.67. The van der Waals surface area contributed by atoms with E-state index in [0.717, 1.165) is 0 Å². The lowest BCUT2D eigenvalue weighted by Gasteiger charge is -2.28. The topological polar surface area (TPSA) is 119 Å². The van der Waals surface area contributed by atoms with Crippen molar-refractivity contribution in [3.8, 4) is 0 Å². The third-order valence-corrected chi connectivity index (χ3v) is 2.26. The second kappa shape index (κ2) is 5.14. The normalized spacial score (nSPS) is 25.9. The van der Waals surface area contributed by atoms with Crippen LogP contribution in [0.2, 0.25) is 0 Å². The molecule has 1 heterocycles. The van der Waals surface area contributed by atoms with E-state index in [1.54, 1.807) is 20.8 Å². The van der Waals surface area contributed by atoms with Crippen molar-refractivity contribution in [2.24, 2.45) is 0 Å². The van der Waals surface area contributed by atoms with Crippen molar-refractivity contribution in [3.05, 3.63) is 0 Å². The third-order valence-electron chi connectivity index (χ3n) is 2.26. The van der Waals surface area contributed by atoms with Crippen LogP contribution in [-0.2, 0) is 28.6 Å². The van der Waals surface area contributed by atoms with E-state index in [-0.39, 0.29) is 0 Å². The summed E-state index contributed by atoms with van der Waals surface area (Å²) in [7, 11) is 0. The summed E-state index contributed by atoms with van der Waals surface area (Å²) in [4.78, 5) is 34.3.